The zero-order valence-electron chi connectivity index (χ0n) is 11.9. The minimum absolute atomic E-state index is 0. The van der Waals surface area contributed by atoms with Gasteiger partial charge in [0.15, 0.2) is 0 Å². The molecule has 3 nitrogen and oxygen atoms in total. The fourth-order valence-electron chi connectivity index (χ4n) is 1.52. The number of nitrogens with zero attached hydrogens (tertiary/aromatic N) is 1. The van der Waals surface area contributed by atoms with Gasteiger partial charge in [0.25, 0.3) is 0 Å². The van der Waals surface area contributed by atoms with Crippen molar-refractivity contribution in [2.24, 2.45) is 0 Å². The summed E-state index contributed by atoms with van der Waals surface area (Å²) in [7, 11) is 4.02. The van der Waals surface area contributed by atoms with Gasteiger partial charge in [-0.15, -0.1) is 12.4 Å². The SMILES string of the molecule is Cc1c(O)cc(C(C)C)cc1OCCN(C)C.Cl. The van der Waals surface area contributed by atoms with E-state index in [9.17, 15) is 5.11 Å². The summed E-state index contributed by atoms with van der Waals surface area (Å²) in [6.45, 7) is 7.59. The Morgan fingerprint density at radius 3 is 2.39 bits per heavy atom. The summed E-state index contributed by atoms with van der Waals surface area (Å²) in [6, 6.07) is 3.84. The van der Waals surface area contributed by atoms with Crippen molar-refractivity contribution < 1.29 is 9.84 Å². The predicted octanol–water partition coefficient (Wildman–Crippen LogP) is 3.19. The first-order valence-corrected chi connectivity index (χ1v) is 6.03. The highest BCUT2D eigenvalue weighted by Gasteiger charge is 2.09. The van der Waals surface area contributed by atoms with Gasteiger partial charge in [-0.2, -0.15) is 0 Å². The smallest absolute Gasteiger partial charge is 0.126 e. The van der Waals surface area contributed by atoms with E-state index in [0.717, 1.165) is 23.4 Å². The van der Waals surface area contributed by atoms with Gasteiger partial charge in [0.05, 0.1) is 0 Å². The van der Waals surface area contributed by atoms with Crippen LogP contribution in [0.3, 0.4) is 0 Å². The normalized spacial score (nSPS) is 10.6. The Morgan fingerprint density at radius 1 is 1.28 bits per heavy atom. The van der Waals surface area contributed by atoms with E-state index in [1.165, 1.54) is 0 Å². The Labute approximate surface area is 116 Å². The molecule has 0 atom stereocenters. The van der Waals surface area contributed by atoms with E-state index >= 15 is 0 Å². The van der Waals surface area contributed by atoms with Gasteiger partial charge in [-0.25, -0.2) is 0 Å². The van der Waals surface area contributed by atoms with Crippen molar-refractivity contribution in [2.45, 2.75) is 26.7 Å². The van der Waals surface area contributed by atoms with Gasteiger partial charge in [0.2, 0.25) is 0 Å². The number of aromatic hydroxyl groups is 1. The zero-order valence-corrected chi connectivity index (χ0v) is 12.7. The first-order chi connectivity index (χ1) is 7.91. The maximum absolute atomic E-state index is 9.85. The summed E-state index contributed by atoms with van der Waals surface area (Å²) in [5.41, 5.74) is 1.92. The van der Waals surface area contributed by atoms with Gasteiger partial charge >= 0.3 is 0 Å². The molecule has 0 saturated carbocycles. The lowest BCUT2D eigenvalue weighted by Gasteiger charge is -2.16. The van der Waals surface area contributed by atoms with Crippen molar-refractivity contribution in [2.75, 3.05) is 27.2 Å². The first kappa shape index (κ1) is 17.1. The molecule has 4 heteroatoms. The van der Waals surface area contributed by atoms with Crippen molar-refractivity contribution in [3.8, 4) is 11.5 Å². The highest BCUT2D eigenvalue weighted by Crippen LogP contribution is 2.31. The molecule has 0 aliphatic carbocycles. The molecular formula is C14H24ClNO2. The number of ether oxygens (including phenoxy) is 1. The minimum atomic E-state index is 0. The summed E-state index contributed by atoms with van der Waals surface area (Å²) in [4.78, 5) is 2.07. The lowest BCUT2D eigenvalue weighted by Crippen LogP contribution is -2.19. The molecule has 1 aromatic carbocycles. The fraction of sp³-hybridized carbons (Fsp3) is 0.571. The molecule has 0 fully saturated rings. The van der Waals surface area contributed by atoms with Crippen molar-refractivity contribution in [3.63, 3.8) is 0 Å². The van der Waals surface area contributed by atoms with E-state index in [2.05, 4.69) is 18.7 Å². The standard InChI is InChI=1S/C14H23NO2.ClH/c1-10(2)12-8-13(16)11(3)14(9-12)17-7-6-15(4)5;/h8-10,16H,6-7H2,1-5H3;1H. The number of benzene rings is 1. The number of phenolic OH excluding ortho intramolecular Hbond substituents is 1. The van der Waals surface area contributed by atoms with E-state index in [-0.39, 0.29) is 12.4 Å². The summed E-state index contributed by atoms with van der Waals surface area (Å²) >= 11 is 0. The molecule has 0 unspecified atom stereocenters. The van der Waals surface area contributed by atoms with Crippen molar-refractivity contribution in [3.05, 3.63) is 23.3 Å². The van der Waals surface area contributed by atoms with Gasteiger partial charge in [-0.1, -0.05) is 13.8 Å². The third-order valence-electron chi connectivity index (χ3n) is 2.82. The molecule has 0 bridgehead atoms. The van der Waals surface area contributed by atoms with Crippen LogP contribution < -0.4 is 4.74 Å². The van der Waals surface area contributed by atoms with Crippen molar-refractivity contribution in [1.29, 1.82) is 0 Å². The molecule has 0 radical (unpaired) electrons. The average molecular weight is 274 g/mol. The van der Waals surface area contributed by atoms with Crippen molar-refractivity contribution >= 4 is 12.4 Å². The molecule has 1 rings (SSSR count). The van der Waals surface area contributed by atoms with E-state index in [4.69, 9.17) is 4.74 Å². The predicted molar refractivity (Wildman–Crippen MR) is 78.2 cm³/mol. The zero-order chi connectivity index (χ0) is 13.0. The maximum atomic E-state index is 9.85. The second-order valence-corrected chi connectivity index (χ2v) is 4.97. The Balaban J connectivity index is 0.00000289. The highest BCUT2D eigenvalue weighted by atomic mass is 35.5. The Hall–Kier alpha value is -0.930. The minimum Gasteiger partial charge on any atom is -0.508 e. The topological polar surface area (TPSA) is 32.7 Å². The number of rotatable bonds is 5. The molecule has 0 aliphatic rings. The van der Waals surface area contributed by atoms with E-state index in [1.54, 1.807) is 0 Å². The third kappa shape index (κ3) is 4.75. The molecule has 0 amide bonds. The van der Waals surface area contributed by atoms with Gasteiger partial charge in [-0.3, -0.25) is 0 Å². The van der Waals surface area contributed by atoms with Crippen LogP contribution in [0.5, 0.6) is 11.5 Å². The van der Waals surface area contributed by atoms with Crippen LogP contribution in [0.15, 0.2) is 12.1 Å². The number of hydrogen-bond acceptors (Lipinski definition) is 3. The van der Waals surface area contributed by atoms with Gasteiger partial charge in [-0.05, 0) is 44.6 Å². The number of phenols is 1. The molecule has 1 aromatic rings. The van der Waals surface area contributed by atoms with Crippen LogP contribution >= 0.6 is 12.4 Å². The lowest BCUT2D eigenvalue weighted by atomic mass is 10.0. The Morgan fingerprint density at radius 2 is 1.89 bits per heavy atom. The third-order valence-corrected chi connectivity index (χ3v) is 2.82. The van der Waals surface area contributed by atoms with Crippen LogP contribution in [-0.4, -0.2) is 37.3 Å². The van der Waals surface area contributed by atoms with Gasteiger partial charge in [0, 0.05) is 12.1 Å². The molecule has 1 N–H and O–H groups in total. The lowest BCUT2D eigenvalue weighted by molar-refractivity contribution is 0.259. The largest absolute Gasteiger partial charge is 0.508 e. The average Bonchev–Trinajstić information content (AvgIpc) is 2.23. The highest BCUT2D eigenvalue weighted by molar-refractivity contribution is 5.85. The summed E-state index contributed by atoms with van der Waals surface area (Å²) in [5.74, 6) is 1.49. The molecule has 0 spiro atoms. The number of hydrogen-bond donors (Lipinski definition) is 1. The summed E-state index contributed by atoms with van der Waals surface area (Å²) in [6.07, 6.45) is 0. The molecule has 0 aliphatic heterocycles. The molecule has 0 heterocycles. The molecule has 104 valence electrons. The van der Waals surface area contributed by atoms with Crippen LogP contribution in [0.4, 0.5) is 0 Å². The maximum Gasteiger partial charge on any atom is 0.126 e. The van der Waals surface area contributed by atoms with Crippen LogP contribution in [-0.2, 0) is 0 Å². The molecular weight excluding hydrogens is 250 g/mol. The van der Waals surface area contributed by atoms with Crippen LogP contribution in [0, 0.1) is 6.92 Å². The van der Waals surface area contributed by atoms with Gasteiger partial charge in [0.1, 0.15) is 18.1 Å². The number of likely N-dealkylation sites (N-methyl/N-ethyl adjacent to an activating group) is 1. The second kappa shape index (κ2) is 7.49. The van der Waals surface area contributed by atoms with Gasteiger partial charge < -0.3 is 14.7 Å². The second-order valence-electron chi connectivity index (χ2n) is 4.97. The van der Waals surface area contributed by atoms with Crippen molar-refractivity contribution in [1.82, 2.24) is 4.90 Å². The quantitative estimate of drug-likeness (QED) is 0.894. The first-order valence-electron chi connectivity index (χ1n) is 6.03. The monoisotopic (exact) mass is 273 g/mol. The summed E-state index contributed by atoms with van der Waals surface area (Å²) < 4.78 is 5.72. The summed E-state index contributed by atoms with van der Waals surface area (Å²) in [5, 5.41) is 9.85. The van der Waals surface area contributed by atoms with Crippen LogP contribution in [0.1, 0.15) is 30.9 Å². The Kier molecular flexibility index (Phi) is 7.11. The van der Waals surface area contributed by atoms with E-state index < -0.39 is 0 Å². The van der Waals surface area contributed by atoms with Crippen LogP contribution in [0.25, 0.3) is 0 Å². The van der Waals surface area contributed by atoms with E-state index in [1.807, 2.05) is 33.2 Å². The van der Waals surface area contributed by atoms with E-state index in [0.29, 0.717) is 18.3 Å². The molecule has 0 aromatic heterocycles. The fourth-order valence-corrected chi connectivity index (χ4v) is 1.52. The van der Waals surface area contributed by atoms with Crippen LogP contribution in [0.2, 0.25) is 0 Å². The molecule has 0 saturated heterocycles. The Bertz CT molecular complexity index is 378. The number of halogens is 1. The molecule has 18 heavy (non-hydrogen) atoms.